The summed E-state index contributed by atoms with van der Waals surface area (Å²) in [4.78, 5) is 26.0. The smallest absolute Gasteiger partial charge is 0.311 e. The van der Waals surface area contributed by atoms with Crippen molar-refractivity contribution in [3.8, 4) is 0 Å². The number of benzene rings is 1. The van der Waals surface area contributed by atoms with Crippen LogP contribution < -0.4 is 0 Å². The number of rotatable bonds is 2. The molecule has 1 amide bonds. The van der Waals surface area contributed by atoms with Crippen LogP contribution in [0, 0.1) is 5.41 Å². The van der Waals surface area contributed by atoms with Crippen LogP contribution in [0.25, 0.3) is 10.1 Å². The van der Waals surface area contributed by atoms with E-state index in [1.807, 2.05) is 30.3 Å². The third-order valence-corrected chi connectivity index (χ3v) is 5.02. The molecule has 20 heavy (non-hydrogen) atoms. The second-order valence-electron chi connectivity index (χ2n) is 5.49. The van der Waals surface area contributed by atoms with Crippen LogP contribution >= 0.6 is 11.3 Å². The van der Waals surface area contributed by atoms with Crippen molar-refractivity contribution < 1.29 is 14.7 Å². The summed E-state index contributed by atoms with van der Waals surface area (Å²) >= 11 is 1.46. The van der Waals surface area contributed by atoms with Gasteiger partial charge in [0.15, 0.2) is 0 Å². The molecular formula is C15H15NO3S. The van der Waals surface area contributed by atoms with Crippen molar-refractivity contribution in [2.75, 3.05) is 13.1 Å². The minimum absolute atomic E-state index is 0.0591. The first-order valence-corrected chi connectivity index (χ1v) is 7.32. The summed E-state index contributed by atoms with van der Waals surface area (Å²) in [6.45, 7) is 2.50. The molecular weight excluding hydrogens is 274 g/mol. The predicted molar refractivity (Wildman–Crippen MR) is 78.1 cm³/mol. The minimum atomic E-state index is -0.829. The van der Waals surface area contributed by atoms with E-state index in [9.17, 15) is 14.7 Å². The summed E-state index contributed by atoms with van der Waals surface area (Å²) in [6, 6.07) is 9.75. The highest BCUT2D eigenvalue weighted by Gasteiger charge is 2.42. The SMILES string of the molecule is C[C@@]1(C(=O)O)CCN(C(=O)c2cc3ccccc3s2)C1. The second-order valence-corrected chi connectivity index (χ2v) is 6.57. The summed E-state index contributed by atoms with van der Waals surface area (Å²) < 4.78 is 1.08. The summed E-state index contributed by atoms with van der Waals surface area (Å²) in [6.07, 6.45) is 0.513. The molecule has 1 aromatic carbocycles. The van der Waals surface area contributed by atoms with Gasteiger partial charge in [-0.15, -0.1) is 11.3 Å². The van der Waals surface area contributed by atoms with Gasteiger partial charge in [0.05, 0.1) is 10.3 Å². The number of hydrogen-bond donors (Lipinski definition) is 1. The fourth-order valence-corrected chi connectivity index (χ4v) is 3.58. The zero-order valence-electron chi connectivity index (χ0n) is 11.1. The van der Waals surface area contributed by atoms with E-state index in [2.05, 4.69) is 0 Å². The van der Waals surface area contributed by atoms with Crippen molar-refractivity contribution in [3.05, 3.63) is 35.2 Å². The van der Waals surface area contributed by atoms with E-state index in [4.69, 9.17) is 0 Å². The maximum atomic E-state index is 12.5. The molecule has 1 fully saturated rings. The number of nitrogens with zero attached hydrogens (tertiary/aromatic N) is 1. The number of thiophene rings is 1. The Morgan fingerprint density at radius 2 is 2.10 bits per heavy atom. The second kappa shape index (κ2) is 4.59. The molecule has 0 radical (unpaired) electrons. The number of likely N-dealkylation sites (tertiary alicyclic amines) is 1. The molecule has 2 heterocycles. The van der Waals surface area contributed by atoms with Gasteiger partial charge in [0.1, 0.15) is 0 Å². The summed E-state index contributed by atoms with van der Waals surface area (Å²) in [5.41, 5.74) is -0.813. The Bertz CT molecular complexity index is 660. The van der Waals surface area contributed by atoms with E-state index >= 15 is 0 Å². The van der Waals surface area contributed by atoms with Crippen LogP contribution in [0.4, 0.5) is 0 Å². The van der Waals surface area contributed by atoms with Gasteiger partial charge in [0, 0.05) is 17.8 Å². The molecule has 1 N–H and O–H groups in total. The van der Waals surface area contributed by atoms with E-state index in [0.29, 0.717) is 17.8 Å². The molecule has 1 aromatic heterocycles. The van der Waals surface area contributed by atoms with Gasteiger partial charge in [0.25, 0.3) is 5.91 Å². The van der Waals surface area contributed by atoms with Crippen LogP contribution in [0.5, 0.6) is 0 Å². The molecule has 0 aliphatic carbocycles. The standard InChI is InChI=1S/C15H15NO3S/c1-15(14(18)19)6-7-16(9-15)13(17)12-8-10-4-2-3-5-11(10)20-12/h2-5,8H,6-7,9H2,1H3,(H,18,19)/t15-/m1/s1. The van der Waals surface area contributed by atoms with Gasteiger partial charge < -0.3 is 10.0 Å². The maximum Gasteiger partial charge on any atom is 0.311 e. The van der Waals surface area contributed by atoms with E-state index in [0.717, 1.165) is 10.1 Å². The lowest BCUT2D eigenvalue weighted by atomic mass is 9.90. The average Bonchev–Trinajstić information content (AvgIpc) is 3.02. The minimum Gasteiger partial charge on any atom is -0.481 e. The molecule has 3 rings (SSSR count). The van der Waals surface area contributed by atoms with Gasteiger partial charge in [-0.3, -0.25) is 9.59 Å². The van der Waals surface area contributed by atoms with Crippen LogP contribution in [0.15, 0.2) is 30.3 Å². The molecule has 0 saturated carbocycles. The van der Waals surface area contributed by atoms with Crippen LogP contribution in [0.1, 0.15) is 23.0 Å². The normalized spacial score (nSPS) is 22.4. The highest BCUT2D eigenvalue weighted by Crippen LogP contribution is 2.33. The molecule has 0 spiro atoms. The molecule has 0 bridgehead atoms. The zero-order valence-corrected chi connectivity index (χ0v) is 11.9. The maximum absolute atomic E-state index is 12.5. The topological polar surface area (TPSA) is 57.6 Å². The number of carboxylic acid groups (broad SMARTS) is 1. The van der Waals surface area contributed by atoms with Crippen molar-refractivity contribution >= 4 is 33.3 Å². The molecule has 1 atom stereocenters. The number of carbonyl (C=O) groups is 2. The summed E-state index contributed by atoms with van der Waals surface area (Å²) in [5.74, 6) is -0.889. The van der Waals surface area contributed by atoms with Gasteiger partial charge in [0.2, 0.25) is 0 Å². The number of carboxylic acids is 1. The first-order chi connectivity index (χ1) is 9.49. The molecule has 1 aliphatic heterocycles. The molecule has 104 valence electrons. The molecule has 4 nitrogen and oxygen atoms in total. The average molecular weight is 289 g/mol. The lowest BCUT2D eigenvalue weighted by Gasteiger charge is -2.19. The Hall–Kier alpha value is -1.88. The fourth-order valence-electron chi connectivity index (χ4n) is 2.55. The Labute approximate surface area is 120 Å². The van der Waals surface area contributed by atoms with Crippen molar-refractivity contribution in [2.45, 2.75) is 13.3 Å². The van der Waals surface area contributed by atoms with E-state index in [1.54, 1.807) is 11.8 Å². The van der Waals surface area contributed by atoms with Gasteiger partial charge in [-0.2, -0.15) is 0 Å². The molecule has 2 aromatic rings. The monoisotopic (exact) mass is 289 g/mol. The lowest BCUT2D eigenvalue weighted by molar-refractivity contribution is -0.147. The van der Waals surface area contributed by atoms with Gasteiger partial charge in [-0.25, -0.2) is 0 Å². The Morgan fingerprint density at radius 3 is 2.75 bits per heavy atom. The van der Waals surface area contributed by atoms with Gasteiger partial charge in [-0.1, -0.05) is 18.2 Å². The third kappa shape index (κ3) is 2.08. The third-order valence-electron chi connectivity index (χ3n) is 3.91. The quantitative estimate of drug-likeness (QED) is 0.925. The van der Waals surface area contributed by atoms with Crippen molar-refractivity contribution in [1.82, 2.24) is 4.90 Å². The van der Waals surface area contributed by atoms with Crippen molar-refractivity contribution in [2.24, 2.45) is 5.41 Å². The van der Waals surface area contributed by atoms with Crippen LogP contribution in [0.3, 0.4) is 0 Å². The first-order valence-electron chi connectivity index (χ1n) is 6.51. The van der Waals surface area contributed by atoms with Gasteiger partial charge >= 0.3 is 5.97 Å². The number of aliphatic carboxylic acids is 1. The zero-order chi connectivity index (χ0) is 14.3. The summed E-state index contributed by atoms with van der Waals surface area (Å²) in [5, 5.41) is 10.3. The predicted octanol–water partition coefficient (Wildman–Crippen LogP) is 2.84. The molecule has 1 aliphatic rings. The summed E-state index contributed by atoms with van der Waals surface area (Å²) in [7, 11) is 0. The Kier molecular flexibility index (Phi) is 3.01. The van der Waals surface area contributed by atoms with Crippen LogP contribution in [-0.4, -0.2) is 35.0 Å². The first kappa shape index (κ1) is 13.1. The van der Waals surface area contributed by atoms with E-state index < -0.39 is 11.4 Å². The largest absolute Gasteiger partial charge is 0.481 e. The Morgan fingerprint density at radius 1 is 1.35 bits per heavy atom. The number of carbonyl (C=O) groups excluding carboxylic acids is 1. The fraction of sp³-hybridized carbons (Fsp3) is 0.333. The van der Waals surface area contributed by atoms with Crippen molar-refractivity contribution in [1.29, 1.82) is 0 Å². The number of hydrogen-bond acceptors (Lipinski definition) is 3. The van der Waals surface area contributed by atoms with Gasteiger partial charge in [-0.05, 0) is 30.9 Å². The van der Waals surface area contributed by atoms with Crippen molar-refractivity contribution in [3.63, 3.8) is 0 Å². The van der Waals surface area contributed by atoms with E-state index in [1.165, 1.54) is 11.3 Å². The number of amides is 1. The molecule has 0 unspecified atom stereocenters. The highest BCUT2D eigenvalue weighted by atomic mass is 32.1. The lowest BCUT2D eigenvalue weighted by Crippen LogP contribution is -2.34. The van der Waals surface area contributed by atoms with Crippen LogP contribution in [-0.2, 0) is 4.79 Å². The molecule has 1 saturated heterocycles. The van der Waals surface area contributed by atoms with E-state index in [-0.39, 0.29) is 12.5 Å². The van der Waals surface area contributed by atoms with Crippen LogP contribution in [0.2, 0.25) is 0 Å². The number of fused-ring (bicyclic) bond motifs is 1. The molecule has 5 heteroatoms. The highest BCUT2D eigenvalue weighted by molar-refractivity contribution is 7.20. The Balaban J connectivity index is 1.85.